The summed E-state index contributed by atoms with van der Waals surface area (Å²) in [7, 11) is 0. The van der Waals surface area contributed by atoms with Crippen molar-refractivity contribution >= 4 is 22.5 Å². The number of aromatic nitrogens is 2. The van der Waals surface area contributed by atoms with E-state index < -0.39 is 0 Å². The summed E-state index contributed by atoms with van der Waals surface area (Å²) in [5.41, 5.74) is 7.84. The number of aryl methyl sites for hydroxylation is 1. The molecule has 2 rings (SSSR count). The van der Waals surface area contributed by atoms with Crippen LogP contribution in [-0.4, -0.2) is 15.8 Å². The lowest BCUT2D eigenvalue weighted by molar-refractivity contribution is 0.550. The van der Waals surface area contributed by atoms with Crippen molar-refractivity contribution in [1.82, 2.24) is 9.78 Å². The number of rotatable bonds is 2. The van der Waals surface area contributed by atoms with E-state index in [4.69, 9.17) is 17.3 Å². The molecule has 0 aliphatic rings. The van der Waals surface area contributed by atoms with Crippen molar-refractivity contribution < 1.29 is 0 Å². The molecule has 0 spiro atoms. The Morgan fingerprint density at radius 2 is 2.27 bits per heavy atom. The van der Waals surface area contributed by atoms with Gasteiger partial charge in [-0.25, -0.2) is 0 Å². The maximum absolute atomic E-state index is 5.96. The number of hydrogen-bond acceptors (Lipinski definition) is 2. The molecule has 0 amide bonds. The van der Waals surface area contributed by atoms with Crippen LogP contribution in [0.4, 0.5) is 0 Å². The molecular weight excluding hydrogens is 210 g/mol. The van der Waals surface area contributed by atoms with Gasteiger partial charge in [0.25, 0.3) is 0 Å². The molecule has 1 unspecified atom stereocenters. The SMILES string of the molecule is Cc1nn(CC(C)N)c2cc(Cl)ccc12. The minimum atomic E-state index is 0.0893. The normalized spacial score (nSPS) is 13.3. The summed E-state index contributed by atoms with van der Waals surface area (Å²) in [6.07, 6.45) is 0. The molecule has 80 valence electrons. The average Bonchev–Trinajstić information content (AvgIpc) is 2.42. The van der Waals surface area contributed by atoms with Gasteiger partial charge in [-0.3, -0.25) is 4.68 Å². The average molecular weight is 224 g/mol. The molecule has 2 aromatic rings. The second-order valence-electron chi connectivity index (χ2n) is 3.91. The van der Waals surface area contributed by atoms with E-state index in [1.165, 1.54) is 0 Å². The number of hydrogen-bond donors (Lipinski definition) is 1. The quantitative estimate of drug-likeness (QED) is 0.850. The van der Waals surface area contributed by atoms with Gasteiger partial charge >= 0.3 is 0 Å². The maximum Gasteiger partial charge on any atom is 0.0700 e. The van der Waals surface area contributed by atoms with Crippen molar-refractivity contribution in [3.63, 3.8) is 0 Å². The Labute approximate surface area is 93.8 Å². The molecule has 1 aromatic heterocycles. The largest absolute Gasteiger partial charge is 0.326 e. The summed E-state index contributed by atoms with van der Waals surface area (Å²) in [6.45, 7) is 4.67. The summed E-state index contributed by atoms with van der Waals surface area (Å²) in [6, 6.07) is 5.90. The molecule has 3 nitrogen and oxygen atoms in total. The first-order valence-corrected chi connectivity index (χ1v) is 5.34. The number of benzene rings is 1. The maximum atomic E-state index is 5.96. The smallest absolute Gasteiger partial charge is 0.0700 e. The van der Waals surface area contributed by atoms with Crippen molar-refractivity contribution in [3.8, 4) is 0 Å². The van der Waals surface area contributed by atoms with Gasteiger partial charge in [-0.05, 0) is 32.0 Å². The summed E-state index contributed by atoms with van der Waals surface area (Å²) in [5.74, 6) is 0. The van der Waals surface area contributed by atoms with Gasteiger partial charge in [0.1, 0.15) is 0 Å². The van der Waals surface area contributed by atoms with Gasteiger partial charge < -0.3 is 5.73 Å². The molecule has 4 heteroatoms. The number of halogens is 1. The molecule has 1 heterocycles. The zero-order chi connectivity index (χ0) is 11.0. The summed E-state index contributed by atoms with van der Waals surface area (Å²) < 4.78 is 1.92. The van der Waals surface area contributed by atoms with Crippen molar-refractivity contribution in [2.75, 3.05) is 0 Å². The number of nitrogens with zero attached hydrogens (tertiary/aromatic N) is 2. The first kappa shape index (κ1) is 10.5. The van der Waals surface area contributed by atoms with Crippen LogP contribution in [0.25, 0.3) is 10.9 Å². The van der Waals surface area contributed by atoms with E-state index in [1.54, 1.807) is 0 Å². The highest BCUT2D eigenvalue weighted by molar-refractivity contribution is 6.31. The number of fused-ring (bicyclic) bond motifs is 1. The molecular formula is C11H14ClN3. The van der Waals surface area contributed by atoms with Gasteiger partial charge in [0.15, 0.2) is 0 Å². The van der Waals surface area contributed by atoms with Crippen LogP contribution in [0.2, 0.25) is 5.02 Å². The first-order chi connectivity index (χ1) is 7.08. The topological polar surface area (TPSA) is 43.8 Å². The Hall–Kier alpha value is -1.06. The van der Waals surface area contributed by atoms with Gasteiger partial charge in [0.05, 0.1) is 17.8 Å². The van der Waals surface area contributed by atoms with Crippen molar-refractivity contribution in [2.24, 2.45) is 5.73 Å². The third-order valence-corrected chi connectivity index (χ3v) is 2.59. The van der Waals surface area contributed by atoms with Crippen molar-refractivity contribution in [2.45, 2.75) is 26.4 Å². The lowest BCUT2D eigenvalue weighted by Gasteiger charge is -2.06. The molecule has 1 aromatic carbocycles. The zero-order valence-corrected chi connectivity index (χ0v) is 9.62. The Balaban J connectivity index is 2.59. The second-order valence-corrected chi connectivity index (χ2v) is 4.34. The molecule has 0 aliphatic carbocycles. The predicted octanol–water partition coefficient (Wildman–Crippen LogP) is 2.35. The third kappa shape index (κ3) is 1.98. The predicted molar refractivity (Wildman–Crippen MR) is 63.1 cm³/mol. The molecule has 0 aliphatic heterocycles. The van der Waals surface area contributed by atoms with Crippen molar-refractivity contribution in [3.05, 3.63) is 28.9 Å². The van der Waals surface area contributed by atoms with Crippen LogP contribution in [0.3, 0.4) is 0 Å². The van der Waals surface area contributed by atoms with Crippen LogP contribution < -0.4 is 5.73 Å². The standard InChI is InChI=1S/C11H14ClN3/c1-7(13)6-15-11-5-9(12)3-4-10(11)8(2)14-15/h3-5,7H,6,13H2,1-2H3. The summed E-state index contributed by atoms with van der Waals surface area (Å²) in [5, 5.41) is 6.32. The van der Waals surface area contributed by atoms with E-state index in [2.05, 4.69) is 5.10 Å². The minimum absolute atomic E-state index is 0.0893. The molecule has 15 heavy (non-hydrogen) atoms. The fourth-order valence-electron chi connectivity index (χ4n) is 1.73. The minimum Gasteiger partial charge on any atom is -0.326 e. The zero-order valence-electron chi connectivity index (χ0n) is 8.87. The Morgan fingerprint density at radius 1 is 1.53 bits per heavy atom. The lowest BCUT2D eigenvalue weighted by Crippen LogP contribution is -2.22. The fraction of sp³-hybridized carbons (Fsp3) is 0.364. The highest BCUT2D eigenvalue weighted by Crippen LogP contribution is 2.22. The van der Waals surface area contributed by atoms with E-state index in [-0.39, 0.29) is 6.04 Å². The Kier molecular flexibility index (Phi) is 2.67. The molecule has 0 fully saturated rings. The molecule has 1 atom stereocenters. The highest BCUT2D eigenvalue weighted by Gasteiger charge is 2.08. The Morgan fingerprint density at radius 3 is 2.93 bits per heavy atom. The highest BCUT2D eigenvalue weighted by atomic mass is 35.5. The third-order valence-electron chi connectivity index (χ3n) is 2.36. The van der Waals surface area contributed by atoms with Gasteiger partial charge in [0, 0.05) is 16.5 Å². The van der Waals surface area contributed by atoms with Gasteiger partial charge in [-0.1, -0.05) is 11.6 Å². The van der Waals surface area contributed by atoms with Crippen LogP contribution in [-0.2, 0) is 6.54 Å². The van der Waals surface area contributed by atoms with E-state index in [0.717, 1.165) is 21.6 Å². The number of nitrogens with two attached hydrogens (primary N) is 1. The van der Waals surface area contributed by atoms with E-state index in [0.29, 0.717) is 6.54 Å². The summed E-state index contributed by atoms with van der Waals surface area (Å²) >= 11 is 5.96. The molecule has 2 N–H and O–H groups in total. The van der Waals surface area contributed by atoms with Crippen LogP contribution in [0.1, 0.15) is 12.6 Å². The Bertz CT molecular complexity index is 488. The van der Waals surface area contributed by atoms with Gasteiger partial charge in [0.2, 0.25) is 0 Å². The van der Waals surface area contributed by atoms with Crippen LogP contribution in [0.15, 0.2) is 18.2 Å². The van der Waals surface area contributed by atoms with Gasteiger partial charge in [-0.2, -0.15) is 5.10 Å². The monoisotopic (exact) mass is 223 g/mol. The van der Waals surface area contributed by atoms with E-state index in [1.807, 2.05) is 36.7 Å². The van der Waals surface area contributed by atoms with E-state index >= 15 is 0 Å². The van der Waals surface area contributed by atoms with Gasteiger partial charge in [-0.15, -0.1) is 0 Å². The molecule has 0 radical (unpaired) electrons. The fourth-order valence-corrected chi connectivity index (χ4v) is 1.89. The second kappa shape index (κ2) is 3.83. The summed E-state index contributed by atoms with van der Waals surface area (Å²) in [4.78, 5) is 0. The molecule has 0 bridgehead atoms. The van der Waals surface area contributed by atoms with Crippen LogP contribution >= 0.6 is 11.6 Å². The van der Waals surface area contributed by atoms with Crippen LogP contribution in [0.5, 0.6) is 0 Å². The molecule has 0 saturated heterocycles. The van der Waals surface area contributed by atoms with Crippen LogP contribution in [0, 0.1) is 6.92 Å². The molecule has 0 saturated carbocycles. The van der Waals surface area contributed by atoms with Crippen molar-refractivity contribution in [1.29, 1.82) is 0 Å². The first-order valence-electron chi connectivity index (χ1n) is 4.96. The van der Waals surface area contributed by atoms with E-state index in [9.17, 15) is 0 Å². The lowest BCUT2D eigenvalue weighted by atomic mass is 10.2.